The highest BCUT2D eigenvalue weighted by Crippen LogP contribution is 2.41. The van der Waals surface area contributed by atoms with Crippen molar-refractivity contribution in [3.8, 4) is 0 Å². The lowest BCUT2D eigenvalue weighted by molar-refractivity contribution is 0.207. The van der Waals surface area contributed by atoms with Gasteiger partial charge in [0.1, 0.15) is 0 Å². The fourth-order valence-electron chi connectivity index (χ4n) is 2.41. The Kier molecular flexibility index (Phi) is 4.41. The molecule has 0 unspecified atom stereocenters. The van der Waals surface area contributed by atoms with Gasteiger partial charge in [0.2, 0.25) is 0 Å². The molecule has 0 amide bonds. The number of rotatable bonds is 7. The minimum Gasteiger partial charge on any atom is -0.396 e. The van der Waals surface area contributed by atoms with E-state index < -0.39 is 0 Å². The summed E-state index contributed by atoms with van der Waals surface area (Å²) in [5.74, 6) is 0.813. The first-order valence-electron chi connectivity index (χ1n) is 7.02. The van der Waals surface area contributed by atoms with Gasteiger partial charge in [0.05, 0.1) is 0 Å². The van der Waals surface area contributed by atoms with E-state index in [9.17, 15) is 0 Å². The average Bonchev–Trinajstić information content (AvgIpc) is 3.13. The molecule has 0 aliphatic heterocycles. The largest absolute Gasteiger partial charge is 0.396 e. The van der Waals surface area contributed by atoms with E-state index in [-0.39, 0.29) is 12.0 Å². The quantitative estimate of drug-likeness (QED) is 0.776. The normalized spacial score (nSPS) is 15.9. The van der Waals surface area contributed by atoms with Gasteiger partial charge in [-0.1, -0.05) is 38.1 Å². The molecule has 1 saturated carbocycles. The third-order valence-electron chi connectivity index (χ3n) is 3.78. The second-order valence-electron chi connectivity index (χ2n) is 6.21. The van der Waals surface area contributed by atoms with Crippen molar-refractivity contribution < 1.29 is 5.11 Å². The van der Waals surface area contributed by atoms with Gasteiger partial charge in [-0.05, 0) is 41.7 Å². The zero-order valence-electron chi connectivity index (χ0n) is 11.6. The van der Waals surface area contributed by atoms with Crippen LogP contribution in [0.25, 0.3) is 0 Å². The summed E-state index contributed by atoms with van der Waals surface area (Å²) in [7, 11) is 0. The number of hydrogen-bond acceptors (Lipinski definition) is 2. The van der Waals surface area contributed by atoms with E-state index >= 15 is 0 Å². The lowest BCUT2D eigenvalue weighted by atomic mass is 9.89. The van der Waals surface area contributed by atoms with Gasteiger partial charge in [-0.2, -0.15) is 0 Å². The van der Waals surface area contributed by atoms with Gasteiger partial charge in [0, 0.05) is 19.7 Å². The van der Waals surface area contributed by atoms with Crippen molar-refractivity contribution in [3.63, 3.8) is 0 Å². The van der Waals surface area contributed by atoms with Gasteiger partial charge >= 0.3 is 0 Å². The molecule has 18 heavy (non-hydrogen) atoms. The second-order valence-corrected chi connectivity index (χ2v) is 6.21. The molecule has 1 aliphatic rings. The molecule has 0 saturated heterocycles. The fourth-order valence-corrected chi connectivity index (χ4v) is 2.41. The first kappa shape index (κ1) is 13.6. The van der Waals surface area contributed by atoms with Crippen LogP contribution >= 0.6 is 0 Å². The Bertz CT molecular complexity index is 382. The van der Waals surface area contributed by atoms with E-state index in [0.717, 1.165) is 25.4 Å². The predicted octanol–water partition coefficient (Wildman–Crippen LogP) is 3.06. The highest BCUT2D eigenvalue weighted by Gasteiger charge is 2.25. The molecule has 2 heteroatoms. The lowest BCUT2D eigenvalue weighted by Gasteiger charge is -2.24. The first-order chi connectivity index (χ1) is 8.62. The van der Waals surface area contributed by atoms with Crippen LogP contribution in [-0.2, 0) is 6.54 Å². The Morgan fingerprint density at radius 1 is 1.28 bits per heavy atom. The van der Waals surface area contributed by atoms with Gasteiger partial charge < -0.3 is 10.4 Å². The molecular weight excluding hydrogens is 222 g/mol. The molecule has 0 bridgehead atoms. The van der Waals surface area contributed by atoms with E-state index in [4.69, 9.17) is 5.11 Å². The predicted molar refractivity (Wildman–Crippen MR) is 75.6 cm³/mol. The van der Waals surface area contributed by atoms with E-state index in [2.05, 4.69) is 43.4 Å². The van der Waals surface area contributed by atoms with Crippen LogP contribution in [0.15, 0.2) is 24.3 Å². The number of nitrogens with one attached hydrogen (secondary N) is 1. The molecule has 0 radical (unpaired) electrons. The highest BCUT2D eigenvalue weighted by atomic mass is 16.3. The van der Waals surface area contributed by atoms with Crippen molar-refractivity contribution in [1.29, 1.82) is 0 Å². The van der Waals surface area contributed by atoms with Crippen LogP contribution in [-0.4, -0.2) is 18.3 Å². The zero-order chi connectivity index (χ0) is 13.0. The summed E-state index contributed by atoms with van der Waals surface area (Å²) in [6, 6.07) is 8.78. The van der Waals surface area contributed by atoms with Crippen LogP contribution in [0.1, 0.15) is 50.2 Å². The Hall–Kier alpha value is -0.860. The van der Waals surface area contributed by atoms with Gasteiger partial charge in [-0.15, -0.1) is 0 Å². The molecule has 0 heterocycles. The minimum atomic E-state index is 0.170. The number of aliphatic hydroxyl groups is 1. The van der Waals surface area contributed by atoms with Crippen LogP contribution in [0.4, 0.5) is 0 Å². The van der Waals surface area contributed by atoms with Gasteiger partial charge in [-0.3, -0.25) is 0 Å². The average molecular weight is 247 g/mol. The van der Waals surface area contributed by atoms with Crippen molar-refractivity contribution in [3.05, 3.63) is 35.4 Å². The Labute approximate surface area is 110 Å². The zero-order valence-corrected chi connectivity index (χ0v) is 11.6. The number of benzene rings is 1. The van der Waals surface area contributed by atoms with Gasteiger partial charge in [-0.25, -0.2) is 0 Å². The molecule has 1 aromatic carbocycles. The third kappa shape index (κ3) is 3.82. The third-order valence-corrected chi connectivity index (χ3v) is 3.78. The molecule has 0 atom stereocenters. The molecular formula is C16H25NO. The van der Waals surface area contributed by atoms with Crippen molar-refractivity contribution in [2.75, 3.05) is 13.2 Å². The number of hydrogen-bond donors (Lipinski definition) is 2. The minimum absolute atomic E-state index is 0.170. The van der Waals surface area contributed by atoms with Crippen LogP contribution in [0.3, 0.4) is 0 Å². The van der Waals surface area contributed by atoms with Crippen LogP contribution in [0, 0.1) is 5.41 Å². The van der Waals surface area contributed by atoms with Crippen molar-refractivity contribution >= 4 is 0 Å². The van der Waals surface area contributed by atoms with E-state index in [1.54, 1.807) is 0 Å². The molecule has 0 aromatic heterocycles. The summed E-state index contributed by atoms with van der Waals surface area (Å²) in [6.45, 7) is 6.56. The molecule has 1 aliphatic carbocycles. The smallest absolute Gasteiger partial charge is 0.0436 e. The van der Waals surface area contributed by atoms with Crippen molar-refractivity contribution in [1.82, 2.24) is 5.32 Å². The maximum Gasteiger partial charge on any atom is 0.0436 e. The summed E-state index contributed by atoms with van der Waals surface area (Å²) in [6.07, 6.45) is 3.56. The molecule has 100 valence electrons. The molecule has 0 spiro atoms. The second kappa shape index (κ2) is 5.85. The first-order valence-corrected chi connectivity index (χ1v) is 7.02. The summed E-state index contributed by atoms with van der Waals surface area (Å²) in [5, 5.41) is 12.6. The molecule has 2 rings (SSSR count). The molecule has 1 aromatic rings. The van der Waals surface area contributed by atoms with Crippen LogP contribution < -0.4 is 5.32 Å². The standard InChI is InChI=1S/C16H25NO/c1-16(2,9-10-18)12-17-11-14-5-3-4-6-15(14)13-7-8-13/h3-6,13,17-18H,7-12H2,1-2H3. The Morgan fingerprint density at radius 2 is 2.00 bits per heavy atom. The Balaban J connectivity index is 1.86. The summed E-state index contributed by atoms with van der Waals surface area (Å²) < 4.78 is 0. The fraction of sp³-hybridized carbons (Fsp3) is 0.625. The highest BCUT2D eigenvalue weighted by molar-refractivity contribution is 5.33. The molecule has 2 nitrogen and oxygen atoms in total. The van der Waals surface area contributed by atoms with E-state index in [1.165, 1.54) is 24.0 Å². The van der Waals surface area contributed by atoms with Gasteiger partial charge in [0.15, 0.2) is 0 Å². The van der Waals surface area contributed by atoms with E-state index in [0.29, 0.717) is 0 Å². The monoisotopic (exact) mass is 247 g/mol. The lowest BCUT2D eigenvalue weighted by Crippen LogP contribution is -2.30. The summed E-state index contributed by atoms with van der Waals surface area (Å²) >= 11 is 0. The van der Waals surface area contributed by atoms with Gasteiger partial charge in [0.25, 0.3) is 0 Å². The SMILES string of the molecule is CC(C)(CCO)CNCc1ccccc1C1CC1. The van der Waals surface area contributed by atoms with Crippen LogP contribution in [0.5, 0.6) is 0 Å². The summed E-state index contributed by atoms with van der Waals surface area (Å²) in [4.78, 5) is 0. The van der Waals surface area contributed by atoms with Crippen LogP contribution in [0.2, 0.25) is 0 Å². The maximum atomic E-state index is 9.02. The van der Waals surface area contributed by atoms with Crippen molar-refractivity contribution in [2.45, 2.75) is 45.6 Å². The van der Waals surface area contributed by atoms with Crippen molar-refractivity contribution in [2.24, 2.45) is 5.41 Å². The maximum absolute atomic E-state index is 9.02. The molecule has 1 fully saturated rings. The molecule has 2 N–H and O–H groups in total. The number of aliphatic hydroxyl groups excluding tert-OH is 1. The topological polar surface area (TPSA) is 32.3 Å². The van der Waals surface area contributed by atoms with E-state index in [1.807, 2.05) is 0 Å². The Morgan fingerprint density at radius 3 is 2.67 bits per heavy atom. The summed E-state index contributed by atoms with van der Waals surface area (Å²) in [5.41, 5.74) is 3.15.